The zero-order valence-corrected chi connectivity index (χ0v) is 19.1. The first-order valence-electron chi connectivity index (χ1n) is 11.0. The molecule has 1 aliphatic heterocycles. The summed E-state index contributed by atoms with van der Waals surface area (Å²) in [6, 6.07) is 21.0. The second-order valence-electron chi connectivity index (χ2n) is 8.93. The second kappa shape index (κ2) is 6.20. The van der Waals surface area contributed by atoms with Crippen molar-refractivity contribution in [3.05, 3.63) is 84.3 Å². The number of halogens is 2. The Bertz CT molecular complexity index is 1830. The molecular formula is C28H18F2N2Si. The van der Waals surface area contributed by atoms with Crippen molar-refractivity contribution < 1.29 is 8.22 Å². The van der Waals surface area contributed by atoms with Gasteiger partial charge in [-0.2, -0.15) is 0 Å². The number of nitrogens with zero attached hydrogens (tertiary/aromatic N) is 2. The van der Waals surface area contributed by atoms with Gasteiger partial charge in [-0.05, 0) is 76.5 Å². The summed E-state index contributed by atoms with van der Waals surface area (Å²) in [6.07, 6.45) is 1.75. The molecule has 0 spiro atoms. The van der Waals surface area contributed by atoms with Gasteiger partial charge >= 0.3 is 8.74 Å². The molecule has 1 aliphatic rings. The fourth-order valence-electron chi connectivity index (χ4n) is 5.53. The van der Waals surface area contributed by atoms with Gasteiger partial charge in [-0.3, -0.25) is 18.2 Å². The van der Waals surface area contributed by atoms with Crippen molar-refractivity contribution in [3.8, 4) is 11.3 Å². The monoisotopic (exact) mass is 448 g/mol. The summed E-state index contributed by atoms with van der Waals surface area (Å²) in [5.74, 6) is 0. The van der Waals surface area contributed by atoms with Gasteiger partial charge in [0.1, 0.15) is 0 Å². The van der Waals surface area contributed by atoms with E-state index >= 15 is 8.22 Å². The standard InChI is InChI=1S/C28H18F2N2Si/c1-15-11-22-19(16(2)32-15)7-8-20-21-9-10-31-28-24-12-17-5-3-4-6-18(17)13-25(24)33(29,30)26(27(21)28)14-23(20)22/h3-14H,1-2H3. The largest absolute Gasteiger partial charge is 0.488 e. The zero-order valence-electron chi connectivity index (χ0n) is 18.1. The van der Waals surface area contributed by atoms with Gasteiger partial charge in [0.2, 0.25) is 0 Å². The molecule has 158 valence electrons. The molecule has 0 atom stereocenters. The molecule has 33 heavy (non-hydrogen) atoms. The molecule has 0 saturated carbocycles. The minimum absolute atomic E-state index is 0.155. The van der Waals surface area contributed by atoms with E-state index < -0.39 is 8.74 Å². The minimum Gasteiger partial charge on any atom is -0.259 e. The first-order valence-corrected chi connectivity index (χ1v) is 12.7. The van der Waals surface area contributed by atoms with Crippen molar-refractivity contribution in [1.29, 1.82) is 0 Å². The van der Waals surface area contributed by atoms with Crippen molar-refractivity contribution >= 4 is 62.2 Å². The summed E-state index contributed by atoms with van der Waals surface area (Å²) < 4.78 is 32.7. The fraction of sp³-hybridized carbons (Fsp3) is 0.0714. The Kier molecular flexibility index (Phi) is 3.54. The number of benzene rings is 4. The van der Waals surface area contributed by atoms with Gasteiger partial charge in [0, 0.05) is 44.3 Å². The summed E-state index contributed by atoms with van der Waals surface area (Å²) in [7, 11) is -4.97. The smallest absolute Gasteiger partial charge is 0.259 e. The Labute approximate surface area is 189 Å². The summed E-state index contributed by atoms with van der Waals surface area (Å²) >= 11 is 0. The van der Waals surface area contributed by atoms with Gasteiger partial charge in [0.15, 0.2) is 0 Å². The van der Waals surface area contributed by atoms with Crippen molar-refractivity contribution in [2.24, 2.45) is 0 Å². The van der Waals surface area contributed by atoms with Crippen molar-refractivity contribution in [1.82, 2.24) is 9.97 Å². The highest BCUT2D eigenvalue weighted by Crippen LogP contribution is 2.39. The highest BCUT2D eigenvalue weighted by molar-refractivity contribution is 6.95. The molecule has 0 fully saturated rings. The number of aromatic nitrogens is 2. The quantitative estimate of drug-likeness (QED) is 0.157. The molecule has 0 bridgehead atoms. The fourth-order valence-corrected chi connectivity index (χ4v) is 7.58. The third-order valence-electron chi connectivity index (χ3n) is 6.99. The average molecular weight is 449 g/mol. The van der Waals surface area contributed by atoms with Gasteiger partial charge in [0.25, 0.3) is 0 Å². The molecule has 0 radical (unpaired) electrons. The summed E-state index contributed by atoms with van der Waals surface area (Å²) in [4.78, 5) is 9.20. The van der Waals surface area contributed by atoms with E-state index in [1.807, 2.05) is 62.4 Å². The SMILES string of the molecule is Cc1cc2c(ccc3c4ccnc5c4c(cc23)[Si](F)(F)c2cc3ccccc3cc2-5)c(C)n1. The summed E-state index contributed by atoms with van der Waals surface area (Å²) in [6.45, 7) is 3.92. The third-order valence-corrected chi connectivity index (χ3v) is 9.15. The maximum absolute atomic E-state index is 16.4. The molecule has 0 saturated heterocycles. The Morgan fingerprint density at radius 1 is 0.697 bits per heavy atom. The minimum atomic E-state index is -4.97. The maximum atomic E-state index is 16.4. The Morgan fingerprint density at radius 3 is 2.24 bits per heavy atom. The zero-order chi connectivity index (χ0) is 22.5. The maximum Gasteiger partial charge on any atom is 0.488 e. The first-order chi connectivity index (χ1) is 15.9. The molecule has 7 rings (SSSR count). The molecule has 0 amide bonds. The average Bonchev–Trinajstić information content (AvgIpc) is 2.81. The van der Waals surface area contributed by atoms with Gasteiger partial charge in [-0.15, -0.1) is 0 Å². The third kappa shape index (κ3) is 2.40. The topological polar surface area (TPSA) is 25.8 Å². The number of fused-ring (bicyclic) bond motifs is 7. The number of pyridine rings is 2. The lowest BCUT2D eigenvalue weighted by Gasteiger charge is -2.27. The van der Waals surface area contributed by atoms with Crippen LogP contribution in [0.4, 0.5) is 8.22 Å². The van der Waals surface area contributed by atoms with E-state index in [0.717, 1.165) is 49.1 Å². The van der Waals surface area contributed by atoms with Gasteiger partial charge < -0.3 is 0 Å². The van der Waals surface area contributed by atoms with Crippen molar-refractivity contribution in [2.45, 2.75) is 13.8 Å². The normalized spacial score (nSPS) is 14.3. The molecule has 0 N–H and O–H groups in total. The van der Waals surface area contributed by atoms with Gasteiger partial charge in [-0.1, -0.05) is 36.4 Å². The van der Waals surface area contributed by atoms with Gasteiger partial charge in [0.05, 0.1) is 5.69 Å². The molecule has 4 aromatic carbocycles. The predicted octanol–water partition coefficient (Wildman–Crippen LogP) is 6.18. The van der Waals surface area contributed by atoms with Crippen LogP contribution in [0.25, 0.3) is 54.3 Å². The van der Waals surface area contributed by atoms with E-state index in [9.17, 15) is 0 Å². The van der Waals surface area contributed by atoms with Crippen LogP contribution in [-0.4, -0.2) is 18.7 Å². The number of hydrogen-bond donors (Lipinski definition) is 0. The van der Waals surface area contributed by atoms with Crippen LogP contribution >= 0.6 is 0 Å². The molecule has 6 aromatic rings. The molecule has 3 heterocycles. The summed E-state index contributed by atoms with van der Waals surface area (Å²) in [5.41, 5.74) is 3.03. The molecule has 2 nitrogen and oxygen atoms in total. The van der Waals surface area contributed by atoms with Crippen molar-refractivity contribution in [3.63, 3.8) is 0 Å². The molecule has 2 aromatic heterocycles. The van der Waals surface area contributed by atoms with E-state index in [-0.39, 0.29) is 10.4 Å². The van der Waals surface area contributed by atoms with Crippen LogP contribution in [-0.2, 0) is 0 Å². The molecular weight excluding hydrogens is 430 g/mol. The molecule has 5 heteroatoms. The van der Waals surface area contributed by atoms with Crippen molar-refractivity contribution in [2.75, 3.05) is 0 Å². The van der Waals surface area contributed by atoms with Crippen LogP contribution in [0, 0.1) is 13.8 Å². The van der Waals surface area contributed by atoms with E-state index in [0.29, 0.717) is 16.6 Å². The van der Waals surface area contributed by atoms with E-state index in [1.54, 1.807) is 18.3 Å². The predicted molar refractivity (Wildman–Crippen MR) is 134 cm³/mol. The van der Waals surface area contributed by atoms with Crippen LogP contribution in [0.1, 0.15) is 11.4 Å². The van der Waals surface area contributed by atoms with E-state index in [2.05, 4.69) is 16.0 Å². The second-order valence-corrected chi connectivity index (χ2v) is 11.2. The molecule has 0 aliphatic carbocycles. The van der Waals surface area contributed by atoms with Crippen LogP contribution in [0.3, 0.4) is 0 Å². The number of hydrogen-bond acceptors (Lipinski definition) is 2. The number of aryl methyl sites for hydroxylation is 2. The Hall–Kier alpha value is -3.70. The van der Waals surface area contributed by atoms with Crippen LogP contribution < -0.4 is 10.4 Å². The van der Waals surface area contributed by atoms with E-state index in [1.165, 1.54) is 0 Å². The highest BCUT2D eigenvalue weighted by Gasteiger charge is 2.48. The lowest BCUT2D eigenvalue weighted by Crippen LogP contribution is -2.54. The molecule has 0 unspecified atom stereocenters. The number of rotatable bonds is 0. The van der Waals surface area contributed by atoms with Crippen LogP contribution in [0.15, 0.2) is 72.9 Å². The highest BCUT2D eigenvalue weighted by atomic mass is 28.4. The van der Waals surface area contributed by atoms with Crippen LogP contribution in [0.2, 0.25) is 0 Å². The van der Waals surface area contributed by atoms with Gasteiger partial charge in [-0.25, -0.2) is 0 Å². The van der Waals surface area contributed by atoms with Crippen LogP contribution in [0.5, 0.6) is 0 Å². The van der Waals surface area contributed by atoms with E-state index in [4.69, 9.17) is 0 Å². The Balaban J connectivity index is 1.71. The summed E-state index contributed by atoms with van der Waals surface area (Å²) in [5, 5.41) is 7.36. The Morgan fingerprint density at radius 2 is 1.42 bits per heavy atom. The lowest BCUT2D eigenvalue weighted by atomic mass is 9.94. The first kappa shape index (κ1) is 18.8. The lowest BCUT2D eigenvalue weighted by molar-refractivity contribution is 0.655.